The summed E-state index contributed by atoms with van der Waals surface area (Å²) in [5.41, 5.74) is 1.75. The summed E-state index contributed by atoms with van der Waals surface area (Å²) in [6.45, 7) is 7.27. The zero-order chi connectivity index (χ0) is 28.8. The van der Waals surface area contributed by atoms with Gasteiger partial charge < -0.3 is 25.5 Å². The van der Waals surface area contributed by atoms with Gasteiger partial charge in [0.05, 0.1) is 11.9 Å². The van der Waals surface area contributed by atoms with Crippen molar-refractivity contribution in [1.29, 1.82) is 0 Å². The van der Waals surface area contributed by atoms with Crippen LogP contribution in [0.1, 0.15) is 78.9 Å². The number of carbonyl (C=O) groups is 1. The molecule has 0 saturated heterocycles. The van der Waals surface area contributed by atoms with Crippen molar-refractivity contribution in [1.82, 2.24) is 25.3 Å². The highest BCUT2D eigenvalue weighted by atomic mass is 16.3. The van der Waals surface area contributed by atoms with E-state index in [1.807, 2.05) is 12.1 Å². The number of hydrogen-bond donors (Lipinski definition) is 4. The second-order valence-electron chi connectivity index (χ2n) is 10.7. The van der Waals surface area contributed by atoms with Gasteiger partial charge in [0, 0.05) is 24.3 Å². The number of aliphatic hydroxyl groups is 1. The Labute approximate surface area is 239 Å². The molecule has 1 aliphatic rings. The molecule has 0 atom stereocenters. The average Bonchev–Trinajstić information content (AvgIpc) is 3.52. The van der Waals surface area contributed by atoms with Gasteiger partial charge in [-0.05, 0) is 75.3 Å². The fourth-order valence-electron chi connectivity index (χ4n) is 5.01. The van der Waals surface area contributed by atoms with Gasteiger partial charge in [-0.3, -0.25) is 4.79 Å². The highest BCUT2D eigenvalue weighted by Crippen LogP contribution is 2.40. The lowest BCUT2D eigenvalue weighted by Gasteiger charge is -2.27. The number of anilines is 4. The molecule has 10 nitrogen and oxygen atoms in total. The molecule has 1 aromatic carbocycles. The van der Waals surface area contributed by atoms with E-state index in [-0.39, 0.29) is 17.3 Å². The Hall–Kier alpha value is -4.57. The third-order valence-corrected chi connectivity index (χ3v) is 7.23. The summed E-state index contributed by atoms with van der Waals surface area (Å²) in [5, 5.41) is 19.5. The van der Waals surface area contributed by atoms with Crippen LogP contribution in [0.4, 0.5) is 23.3 Å². The molecule has 3 heterocycles. The third-order valence-electron chi connectivity index (χ3n) is 7.23. The van der Waals surface area contributed by atoms with Gasteiger partial charge in [0.25, 0.3) is 5.91 Å². The Morgan fingerprint density at radius 1 is 1.05 bits per heavy atom. The van der Waals surface area contributed by atoms with E-state index in [0.717, 1.165) is 37.3 Å². The van der Waals surface area contributed by atoms with Crippen LogP contribution in [-0.4, -0.2) is 37.5 Å². The van der Waals surface area contributed by atoms with Crippen molar-refractivity contribution in [2.24, 2.45) is 0 Å². The standard InChI is InChI=1S/C31H35N7O3/c1-4-16-32-28(39)24-19-34-30(38-27(24)37-26-7-5-6-25(36-26)31(2,3)40)35-23-14-12-21(13-15-23)20-8-10-22(11-9-20)29-33-17-18-41-29/h4-7,12-15,17-20,22,40H,1,8-11,16H2,2-3H3,(H,32,39)(H2,34,35,36,37,38). The number of nitrogens with zero attached hydrogens (tertiary/aromatic N) is 4. The van der Waals surface area contributed by atoms with Gasteiger partial charge in [0.2, 0.25) is 5.95 Å². The zero-order valence-corrected chi connectivity index (χ0v) is 23.3. The maximum Gasteiger partial charge on any atom is 0.256 e. The van der Waals surface area contributed by atoms with E-state index < -0.39 is 5.60 Å². The molecular formula is C31H35N7O3. The zero-order valence-electron chi connectivity index (χ0n) is 23.3. The summed E-state index contributed by atoms with van der Waals surface area (Å²) in [6.07, 6.45) is 10.7. The molecule has 0 aliphatic heterocycles. The highest BCUT2D eigenvalue weighted by molar-refractivity contribution is 5.99. The second-order valence-corrected chi connectivity index (χ2v) is 10.7. The van der Waals surface area contributed by atoms with E-state index in [1.165, 1.54) is 11.8 Å². The van der Waals surface area contributed by atoms with Gasteiger partial charge in [-0.1, -0.05) is 24.3 Å². The SMILES string of the molecule is C=CCNC(=O)c1cnc(Nc2ccc(C3CCC(c4ncco4)CC3)cc2)nc1Nc1cccc(C(C)(C)O)n1. The van der Waals surface area contributed by atoms with E-state index in [1.54, 1.807) is 50.6 Å². The molecule has 3 aromatic heterocycles. The Morgan fingerprint density at radius 2 is 1.80 bits per heavy atom. The Bertz CT molecular complexity index is 1470. The molecule has 0 radical (unpaired) electrons. The lowest BCUT2D eigenvalue weighted by atomic mass is 9.78. The summed E-state index contributed by atoms with van der Waals surface area (Å²) in [5.74, 6) is 2.45. The van der Waals surface area contributed by atoms with Crippen LogP contribution in [0.25, 0.3) is 0 Å². The van der Waals surface area contributed by atoms with Crippen molar-refractivity contribution in [3.8, 4) is 0 Å². The number of oxazole rings is 1. The molecule has 4 N–H and O–H groups in total. The maximum absolute atomic E-state index is 12.8. The number of aromatic nitrogens is 4. The van der Waals surface area contributed by atoms with E-state index in [0.29, 0.717) is 35.8 Å². The molecule has 5 rings (SSSR count). The van der Waals surface area contributed by atoms with Gasteiger partial charge in [-0.15, -0.1) is 6.58 Å². The van der Waals surface area contributed by atoms with Gasteiger partial charge in [-0.25, -0.2) is 15.0 Å². The first-order valence-electron chi connectivity index (χ1n) is 13.8. The Balaban J connectivity index is 1.30. The minimum atomic E-state index is -1.12. The topological polar surface area (TPSA) is 138 Å². The van der Waals surface area contributed by atoms with E-state index >= 15 is 0 Å². The van der Waals surface area contributed by atoms with Crippen LogP contribution in [0, 0.1) is 0 Å². The van der Waals surface area contributed by atoms with Crippen LogP contribution in [-0.2, 0) is 5.60 Å². The van der Waals surface area contributed by atoms with Crippen molar-refractivity contribution >= 4 is 29.2 Å². The third kappa shape index (κ3) is 6.96. The summed E-state index contributed by atoms with van der Waals surface area (Å²) in [4.78, 5) is 30.6. The first kappa shape index (κ1) is 28.0. The van der Waals surface area contributed by atoms with Crippen LogP contribution in [0.2, 0.25) is 0 Å². The molecule has 1 amide bonds. The quantitative estimate of drug-likeness (QED) is 0.176. The number of amides is 1. The number of rotatable bonds is 10. The van der Waals surface area contributed by atoms with E-state index in [9.17, 15) is 9.90 Å². The molecule has 0 spiro atoms. The molecule has 0 bridgehead atoms. The van der Waals surface area contributed by atoms with Crippen molar-refractivity contribution < 1.29 is 14.3 Å². The predicted octanol–water partition coefficient (Wildman–Crippen LogP) is 5.93. The monoisotopic (exact) mass is 553 g/mol. The van der Waals surface area contributed by atoms with Crippen LogP contribution in [0.15, 0.2) is 78.2 Å². The molecule has 41 heavy (non-hydrogen) atoms. The largest absolute Gasteiger partial charge is 0.449 e. The van der Waals surface area contributed by atoms with Gasteiger partial charge in [0.15, 0.2) is 5.89 Å². The highest BCUT2D eigenvalue weighted by Gasteiger charge is 2.26. The molecule has 10 heteroatoms. The normalized spacial score (nSPS) is 17.0. The van der Waals surface area contributed by atoms with Crippen molar-refractivity contribution in [3.05, 3.63) is 96.5 Å². The maximum atomic E-state index is 12.8. The van der Waals surface area contributed by atoms with Crippen LogP contribution in [0.5, 0.6) is 0 Å². The molecule has 1 saturated carbocycles. The first-order chi connectivity index (χ1) is 19.8. The second kappa shape index (κ2) is 12.3. The van der Waals surface area contributed by atoms with E-state index in [2.05, 4.69) is 54.6 Å². The minimum absolute atomic E-state index is 0.253. The summed E-state index contributed by atoms with van der Waals surface area (Å²) in [6, 6.07) is 13.6. The lowest BCUT2D eigenvalue weighted by Crippen LogP contribution is -2.25. The van der Waals surface area contributed by atoms with Crippen LogP contribution in [0.3, 0.4) is 0 Å². The number of benzene rings is 1. The number of nitrogens with one attached hydrogen (secondary N) is 3. The molecular weight excluding hydrogens is 518 g/mol. The Morgan fingerprint density at radius 3 is 2.49 bits per heavy atom. The lowest BCUT2D eigenvalue weighted by molar-refractivity contribution is 0.0740. The average molecular weight is 554 g/mol. The van der Waals surface area contributed by atoms with Gasteiger partial charge >= 0.3 is 0 Å². The molecule has 4 aromatic rings. The van der Waals surface area contributed by atoms with Crippen molar-refractivity contribution in [3.63, 3.8) is 0 Å². The summed E-state index contributed by atoms with van der Waals surface area (Å²) >= 11 is 0. The van der Waals surface area contributed by atoms with Crippen molar-refractivity contribution in [2.75, 3.05) is 17.2 Å². The predicted molar refractivity (Wildman–Crippen MR) is 158 cm³/mol. The smallest absolute Gasteiger partial charge is 0.256 e. The van der Waals surface area contributed by atoms with Gasteiger partial charge in [-0.2, -0.15) is 4.98 Å². The summed E-state index contributed by atoms with van der Waals surface area (Å²) < 4.78 is 5.51. The summed E-state index contributed by atoms with van der Waals surface area (Å²) in [7, 11) is 0. The fraction of sp³-hybridized carbons (Fsp3) is 0.323. The number of pyridine rings is 1. The number of carbonyl (C=O) groups excluding carboxylic acids is 1. The Kier molecular flexibility index (Phi) is 8.39. The van der Waals surface area contributed by atoms with Crippen molar-refractivity contribution in [2.45, 2.75) is 57.0 Å². The van der Waals surface area contributed by atoms with E-state index in [4.69, 9.17) is 4.42 Å². The molecule has 212 valence electrons. The molecule has 1 fully saturated rings. The first-order valence-corrected chi connectivity index (χ1v) is 13.8. The van der Waals surface area contributed by atoms with Crippen LogP contribution < -0.4 is 16.0 Å². The number of hydrogen-bond acceptors (Lipinski definition) is 9. The molecule has 0 unspecified atom stereocenters. The minimum Gasteiger partial charge on any atom is -0.449 e. The molecule has 1 aliphatic carbocycles. The van der Waals surface area contributed by atoms with Gasteiger partial charge in [0.1, 0.15) is 29.1 Å². The van der Waals surface area contributed by atoms with Crippen LogP contribution >= 0.6 is 0 Å². The fourth-order valence-corrected chi connectivity index (χ4v) is 5.01.